The minimum atomic E-state index is 0.533. The highest BCUT2D eigenvalue weighted by molar-refractivity contribution is 5.79. The Morgan fingerprint density at radius 1 is 1.50 bits per heavy atom. The molecule has 1 aliphatic heterocycles. The third-order valence-electron chi connectivity index (χ3n) is 2.43. The molecule has 0 aliphatic carbocycles. The quantitative estimate of drug-likeness (QED) is 0.573. The number of ether oxygens (including phenoxy) is 2. The molecular formula is C13H21N3O2. The van der Waals surface area contributed by atoms with Crippen molar-refractivity contribution in [1.82, 2.24) is 10.2 Å². The lowest BCUT2D eigenvalue weighted by atomic mass is 10.3. The van der Waals surface area contributed by atoms with Gasteiger partial charge in [0.15, 0.2) is 0 Å². The van der Waals surface area contributed by atoms with Crippen molar-refractivity contribution < 1.29 is 9.47 Å². The summed E-state index contributed by atoms with van der Waals surface area (Å²) >= 11 is 0. The standard InChI is InChI=1S/C13H21N3O2/c1-5-12(18-7-6-17-4)8-13-15-9-11(14-2)10-16(13)3/h5,8-10,14H,6-7H2,1-4H3/b12-5+,13-8-. The minimum Gasteiger partial charge on any atom is -0.491 e. The van der Waals surface area contributed by atoms with Crippen LogP contribution in [0.2, 0.25) is 0 Å². The van der Waals surface area contributed by atoms with Crippen molar-refractivity contribution >= 4 is 6.21 Å². The highest BCUT2D eigenvalue weighted by atomic mass is 16.5. The van der Waals surface area contributed by atoms with Gasteiger partial charge >= 0.3 is 0 Å². The number of methoxy groups -OCH3 is 1. The molecule has 0 spiro atoms. The van der Waals surface area contributed by atoms with Crippen molar-refractivity contribution in [3.8, 4) is 0 Å². The molecule has 0 fully saturated rings. The summed E-state index contributed by atoms with van der Waals surface area (Å²) in [4.78, 5) is 6.30. The first-order valence-electron chi connectivity index (χ1n) is 5.87. The Bertz CT molecular complexity index is 384. The van der Waals surface area contributed by atoms with Gasteiger partial charge in [-0.15, -0.1) is 0 Å². The minimum absolute atomic E-state index is 0.533. The summed E-state index contributed by atoms with van der Waals surface area (Å²) < 4.78 is 10.5. The molecule has 0 radical (unpaired) electrons. The fraction of sp³-hybridized carbons (Fsp3) is 0.462. The van der Waals surface area contributed by atoms with E-state index in [0.29, 0.717) is 13.2 Å². The summed E-state index contributed by atoms with van der Waals surface area (Å²) in [5, 5.41) is 3.04. The number of aliphatic imine (C=N–C) groups is 1. The molecule has 5 nitrogen and oxygen atoms in total. The monoisotopic (exact) mass is 251 g/mol. The normalized spacial score (nSPS) is 18.0. The summed E-state index contributed by atoms with van der Waals surface area (Å²) in [6, 6.07) is 0. The van der Waals surface area contributed by atoms with Crippen LogP contribution in [-0.4, -0.2) is 45.5 Å². The maximum atomic E-state index is 5.56. The van der Waals surface area contributed by atoms with Crippen LogP contribution in [0.15, 0.2) is 40.6 Å². The van der Waals surface area contributed by atoms with Crippen LogP contribution in [0.5, 0.6) is 0 Å². The molecule has 1 heterocycles. The van der Waals surface area contributed by atoms with Gasteiger partial charge in [0, 0.05) is 33.5 Å². The van der Waals surface area contributed by atoms with E-state index in [1.807, 2.05) is 44.3 Å². The number of allylic oxidation sites excluding steroid dienone is 3. The molecule has 0 atom stereocenters. The van der Waals surface area contributed by atoms with Crippen LogP contribution in [0.4, 0.5) is 0 Å². The van der Waals surface area contributed by atoms with Gasteiger partial charge in [0.2, 0.25) is 0 Å². The lowest BCUT2D eigenvalue weighted by molar-refractivity contribution is 0.114. The molecule has 5 heteroatoms. The van der Waals surface area contributed by atoms with Gasteiger partial charge in [0.1, 0.15) is 18.2 Å². The zero-order chi connectivity index (χ0) is 13.4. The Hall–Kier alpha value is -1.75. The van der Waals surface area contributed by atoms with Crippen molar-refractivity contribution in [2.75, 3.05) is 34.4 Å². The fourth-order valence-corrected chi connectivity index (χ4v) is 1.38. The molecule has 0 aromatic carbocycles. The van der Waals surface area contributed by atoms with E-state index in [4.69, 9.17) is 9.47 Å². The molecule has 1 rings (SSSR count). The fourth-order valence-electron chi connectivity index (χ4n) is 1.38. The lowest BCUT2D eigenvalue weighted by Gasteiger charge is -2.20. The second-order valence-electron chi connectivity index (χ2n) is 3.74. The van der Waals surface area contributed by atoms with Gasteiger partial charge in [-0.25, -0.2) is 4.99 Å². The average molecular weight is 251 g/mol. The predicted molar refractivity (Wildman–Crippen MR) is 73.1 cm³/mol. The van der Waals surface area contributed by atoms with Crippen molar-refractivity contribution in [3.63, 3.8) is 0 Å². The number of nitrogens with one attached hydrogen (secondary N) is 1. The van der Waals surface area contributed by atoms with E-state index < -0.39 is 0 Å². The molecule has 100 valence electrons. The maximum absolute atomic E-state index is 5.56. The average Bonchev–Trinajstić information content (AvgIpc) is 2.39. The summed E-state index contributed by atoms with van der Waals surface area (Å²) in [7, 11) is 5.47. The molecule has 0 aromatic rings. The molecule has 0 saturated heterocycles. The van der Waals surface area contributed by atoms with Gasteiger partial charge in [-0.05, 0) is 13.0 Å². The predicted octanol–water partition coefficient (Wildman–Crippen LogP) is 1.47. The van der Waals surface area contributed by atoms with E-state index in [0.717, 1.165) is 17.3 Å². The van der Waals surface area contributed by atoms with E-state index >= 15 is 0 Å². The Morgan fingerprint density at radius 2 is 2.28 bits per heavy atom. The molecule has 0 amide bonds. The van der Waals surface area contributed by atoms with Crippen LogP contribution in [0.3, 0.4) is 0 Å². The maximum Gasteiger partial charge on any atom is 0.136 e. The zero-order valence-electron chi connectivity index (χ0n) is 11.4. The van der Waals surface area contributed by atoms with Crippen molar-refractivity contribution in [3.05, 3.63) is 35.6 Å². The van der Waals surface area contributed by atoms with Crippen LogP contribution in [-0.2, 0) is 9.47 Å². The lowest BCUT2D eigenvalue weighted by Crippen LogP contribution is -2.20. The molecule has 0 unspecified atom stereocenters. The molecule has 1 aliphatic rings. The van der Waals surface area contributed by atoms with Crippen LogP contribution in [0.25, 0.3) is 0 Å². The van der Waals surface area contributed by atoms with Gasteiger partial charge < -0.3 is 19.7 Å². The van der Waals surface area contributed by atoms with Gasteiger partial charge in [-0.3, -0.25) is 0 Å². The molecule has 18 heavy (non-hydrogen) atoms. The van der Waals surface area contributed by atoms with Gasteiger partial charge in [0.05, 0.1) is 18.5 Å². The summed E-state index contributed by atoms with van der Waals surface area (Å²) in [5.74, 6) is 1.62. The first kappa shape index (κ1) is 14.3. The summed E-state index contributed by atoms with van der Waals surface area (Å²) in [5.41, 5.74) is 0.969. The third-order valence-corrected chi connectivity index (χ3v) is 2.43. The summed E-state index contributed by atoms with van der Waals surface area (Å²) in [6.07, 6.45) is 7.56. The molecule has 0 saturated carbocycles. The van der Waals surface area contributed by atoms with Gasteiger partial charge in [0.25, 0.3) is 0 Å². The Morgan fingerprint density at radius 3 is 2.83 bits per heavy atom. The van der Waals surface area contributed by atoms with Crippen molar-refractivity contribution in [2.24, 2.45) is 4.99 Å². The zero-order valence-corrected chi connectivity index (χ0v) is 11.4. The third kappa shape index (κ3) is 4.25. The number of nitrogens with zero attached hydrogens (tertiary/aromatic N) is 2. The number of hydrogen-bond donors (Lipinski definition) is 1. The molecular weight excluding hydrogens is 230 g/mol. The molecule has 0 bridgehead atoms. The van der Waals surface area contributed by atoms with E-state index in [9.17, 15) is 0 Å². The van der Waals surface area contributed by atoms with Crippen molar-refractivity contribution in [1.29, 1.82) is 0 Å². The largest absolute Gasteiger partial charge is 0.491 e. The van der Waals surface area contributed by atoms with E-state index in [1.165, 1.54) is 0 Å². The van der Waals surface area contributed by atoms with E-state index in [-0.39, 0.29) is 0 Å². The number of rotatable bonds is 6. The Labute approximate surface area is 108 Å². The van der Waals surface area contributed by atoms with Gasteiger partial charge in [-0.1, -0.05) is 0 Å². The second kappa shape index (κ2) is 7.55. The SMILES string of the molecule is C/C=C(\C=C1\N=CC(NC)=CN1C)OCCOC. The van der Waals surface area contributed by atoms with E-state index in [1.54, 1.807) is 13.3 Å². The topological polar surface area (TPSA) is 46.1 Å². The summed E-state index contributed by atoms with van der Waals surface area (Å²) in [6.45, 7) is 3.04. The van der Waals surface area contributed by atoms with Crippen LogP contribution in [0.1, 0.15) is 6.92 Å². The smallest absolute Gasteiger partial charge is 0.136 e. The van der Waals surface area contributed by atoms with Crippen LogP contribution in [0, 0.1) is 0 Å². The first-order chi connectivity index (χ1) is 8.71. The molecule has 1 N–H and O–H groups in total. The highest BCUT2D eigenvalue weighted by Crippen LogP contribution is 2.13. The van der Waals surface area contributed by atoms with Crippen LogP contribution >= 0.6 is 0 Å². The second-order valence-corrected chi connectivity index (χ2v) is 3.74. The van der Waals surface area contributed by atoms with Gasteiger partial charge in [-0.2, -0.15) is 0 Å². The number of hydrogen-bond acceptors (Lipinski definition) is 5. The molecule has 0 aromatic heterocycles. The first-order valence-corrected chi connectivity index (χ1v) is 5.87. The highest BCUT2D eigenvalue weighted by Gasteiger charge is 2.07. The van der Waals surface area contributed by atoms with E-state index in [2.05, 4.69) is 10.3 Å². The Kier molecular flexibility index (Phi) is 6.00. The van der Waals surface area contributed by atoms with Crippen molar-refractivity contribution in [2.45, 2.75) is 6.92 Å². The van der Waals surface area contributed by atoms with Crippen LogP contribution < -0.4 is 5.32 Å². The Balaban J connectivity index is 2.66.